The van der Waals surface area contributed by atoms with Gasteiger partial charge in [-0.15, -0.1) is 11.8 Å². The predicted octanol–water partition coefficient (Wildman–Crippen LogP) is 3.39. The monoisotopic (exact) mass is 289 g/mol. The van der Waals surface area contributed by atoms with E-state index in [0.717, 1.165) is 23.9 Å². The van der Waals surface area contributed by atoms with Crippen molar-refractivity contribution >= 4 is 17.7 Å². The number of benzene rings is 1. The van der Waals surface area contributed by atoms with E-state index in [2.05, 4.69) is 0 Å². The van der Waals surface area contributed by atoms with Crippen LogP contribution in [0, 0.1) is 17.2 Å². The van der Waals surface area contributed by atoms with E-state index >= 15 is 0 Å². The first-order chi connectivity index (χ1) is 8.75. The number of aliphatic carboxylic acids is 1. The number of hydrogen-bond donors (Lipinski definition) is 1. The van der Waals surface area contributed by atoms with Gasteiger partial charge in [0, 0.05) is 10.6 Å². The molecular weight excluding hydrogens is 279 g/mol. The van der Waals surface area contributed by atoms with Gasteiger partial charge in [0.25, 0.3) is 0 Å². The summed E-state index contributed by atoms with van der Waals surface area (Å²) in [6, 6.07) is 4.54. The number of nitriles is 1. The zero-order valence-electron chi connectivity index (χ0n) is 9.86. The van der Waals surface area contributed by atoms with Crippen molar-refractivity contribution in [2.75, 3.05) is 5.75 Å². The van der Waals surface area contributed by atoms with Crippen LogP contribution in [0.25, 0.3) is 0 Å². The van der Waals surface area contributed by atoms with Gasteiger partial charge in [-0.2, -0.15) is 18.4 Å². The topological polar surface area (TPSA) is 61.1 Å². The van der Waals surface area contributed by atoms with E-state index < -0.39 is 23.6 Å². The standard InChI is InChI=1S/C12H10F3NO2S/c1-7(11(17)18)6-19-10-3-2-9(12(13,14)15)4-8(10)5-16/h2-4,7H,6H2,1H3,(H,17,18). The summed E-state index contributed by atoms with van der Waals surface area (Å²) in [6.45, 7) is 1.49. The summed E-state index contributed by atoms with van der Waals surface area (Å²) in [5, 5.41) is 17.5. The first kappa shape index (κ1) is 15.4. The smallest absolute Gasteiger partial charge is 0.416 e. The van der Waals surface area contributed by atoms with Crippen molar-refractivity contribution in [2.24, 2.45) is 5.92 Å². The molecule has 0 heterocycles. The Morgan fingerprint density at radius 2 is 2.16 bits per heavy atom. The Balaban J connectivity index is 2.92. The van der Waals surface area contributed by atoms with Crippen LogP contribution in [-0.4, -0.2) is 16.8 Å². The highest BCUT2D eigenvalue weighted by Crippen LogP contribution is 2.33. The molecule has 1 rings (SSSR count). The summed E-state index contributed by atoms with van der Waals surface area (Å²) in [5.41, 5.74) is -0.989. The molecule has 0 saturated heterocycles. The fraction of sp³-hybridized carbons (Fsp3) is 0.333. The number of alkyl halides is 3. The van der Waals surface area contributed by atoms with E-state index in [1.807, 2.05) is 0 Å². The lowest BCUT2D eigenvalue weighted by molar-refractivity contribution is -0.140. The van der Waals surface area contributed by atoms with E-state index in [4.69, 9.17) is 10.4 Å². The van der Waals surface area contributed by atoms with Crippen LogP contribution in [0.3, 0.4) is 0 Å². The van der Waals surface area contributed by atoms with Crippen LogP contribution in [0.4, 0.5) is 13.2 Å². The molecule has 1 atom stereocenters. The molecule has 1 aromatic carbocycles. The van der Waals surface area contributed by atoms with Crippen molar-refractivity contribution in [1.29, 1.82) is 5.26 Å². The van der Waals surface area contributed by atoms with Crippen LogP contribution in [0.15, 0.2) is 23.1 Å². The van der Waals surface area contributed by atoms with Crippen LogP contribution < -0.4 is 0 Å². The molecule has 0 amide bonds. The molecule has 0 spiro atoms. The highest BCUT2D eigenvalue weighted by molar-refractivity contribution is 7.99. The van der Waals surface area contributed by atoms with Crippen molar-refractivity contribution < 1.29 is 23.1 Å². The second kappa shape index (κ2) is 5.97. The van der Waals surface area contributed by atoms with E-state index in [-0.39, 0.29) is 11.3 Å². The Kier molecular flexibility index (Phi) is 4.84. The van der Waals surface area contributed by atoms with Gasteiger partial charge in [0.15, 0.2) is 0 Å². The molecule has 3 nitrogen and oxygen atoms in total. The van der Waals surface area contributed by atoms with Crippen molar-refractivity contribution in [3.05, 3.63) is 29.3 Å². The summed E-state index contributed by atoms with van der Waals surface area (Å²) in [4.78, 5) is 11.0. The van der Waals surface area contributed by atoms with Crippen LogP contribution >= 0.6 is 11.8 Å². The van der Waals surface area contributed by atoms with Crippen LogP contribution in [0.1, 0.15) is 18.1 Å². The quantitative estimate of drug-likeness (QED) is 0.863. The summed E-state index contributed by atoms with van der Waals surface area (Å²) in [5.74, 6) is -1.44. The van der Waals surface area contributed by atoms with Gasteiger partial charge in [-0.05, 0) is 18.2 Å². The number of carboxylic acid groups (broad SMARTS) is 1. The molecule has 0 aliphatic heterocycles. The summed E-state index contributed by atoms with van der Waals surface area (Å²) in [7, 11) is 0. The van der Waals surface area contributed by atoms with Crippen LogP contribution in [-0.2, 0) is 11.0 Å². The highest BCUT2D eigenvalue weighted by atomic mass is 32.2. The second-order valence-electron chi connectivity index (χ2n) is 3.87. The summed E-state index contributed by atoms with van der Waals surface area (Å²) < 4.78 is 37.4. The maximum absolute atomic E-state index is 12.5. The first-order valence-corrected chi connectivity index (χ1v) is 6.21. The minimum atomic E-state index is -4.50. The van der Waals surface area contributed by atoms with E-state index in [1.54, 1.807) is 6.07 Å². The molecule has 0 aliphatic carbocycles. The minimum Gasteiger partial charge on any atom is -0.481 e. The van der Waals surface area contributed by atoms with Crippen molar-refractivity contribution in [3.63, 3.8) is 0 Å². The Hall–Kier alpha value is -1.68. The molecule has 102 valence electrons. The number of hydrogen-bond acceptors (Lipinski definition) is 3. The Bertz CT molecular complexity index is 523. The second-order valence-corrected chi connectivity index (χ2v) is 4.93. The summed E-state index contributed by atoms with van der Waals surface area (Å²) >= 11 is 1.06. The normalized spacial score (nSPS) is 12.8. The molecule has 19 heavy (non-hydrogen) atoms. The highest BCUT2D eigenvalue weighted by Gasteiger charge is 2.31. The molecule has 1 aromatic rings. The number of halogens is 3. The Morgan fingerprint density at radius 3 is 2.63 bits per heavy atom. The third kappa shape index (κ3) is 4.17. The number of rotatable bonds is 4. The number of thioether (sulfide) groups is 1. The largest absolute Gasteiger partial charge is 0.481 e. The number of carbonyl (C=O) groups is 1. The molecule has 0 radical (unpaired) electrons. The molecule has 0 aliphatic rings. The van der Waals surface area contributed by atoms with Crippen molar-refractivity contribution in [3.8, 4) is 6.07 Å². The van der Waals surface area contributed by atoms with Gasteiger partial charge in [0.1, 0.15) is 6.07 Å². The molecule has 0 saturated carbocycles. The van der Waals surface area contributed by atoms with Crippen molar-refractivity contribution in [2.45, 2.75) is 18.0 Å². The zero-order valence-corrected chi connectivity index (χ0v) is 10.7. The predicted molar refractivity (Wildman–Crippen MR) is 63.7 cm³/mol. The van der Waals surface area contributed by atoms with E-state index in [9.17, 15) is 18.0 Å². The van der Waals surface area contributed by atoms with Crippen LogP contribution in [0.5, 0.6) is 0 Å². The first-order valence-electron chi connectivity index (χ1n) is 5.22. The van der Waals surface area contributed by atoms with E-state index in [0.29, 0.717) is 4.90 Å². The van der Waals surface area contributed by atoms with Gasteiger partial charge in [-0.25, -0.2) is 0 Å². The van der Waals surface area contributed by atoms with Gasteiger partial charge in [-0.1, -0.05) is 6.92 Å². The Morgan fingerprint density at radius 1 is 1.53 bits per heavy atom. The molecule has 7 heteroatoms. The molecule has 0 bridgehead atoms. The van der Waals surface area contributed by atoms with Crippen molar-refractivity contribution in [1.82, 2.24) is 0 Å². The molecular formula is C12H10F3NO2S. The maximum atomic E-state index is 12.5. The Labute approximate surface area is 112 Å². The fourth-order valence-electron chi connectivity index (χ4n) is 1.21. The van der Waals surface area contributed by atoms with E-state index in [1.165, 1.54) is 13.0 Å². The average molecular weight is 289 g/mol. The summed E-state index contributed by atoms with van der Waals surface area (Å²) in [6.07, 6.45) is -4.50. The molecule has 1 unspecified atom stereocenters. The van der Waals surface area contributed by atoms with Crippen LogP contribution in [0.2, 0.25) is 0 Å². The van der Waals surface area contributed by atoms with Gasteiger partial charge >= 0.3 is 12.1 Å². The molecule has 0 aromatic heterocycles. The lowest BCUT2D eigenvalue weighted by atomic mass is 10.1. The minimum absolute atomic E-state index is 0.0996. The average Bonchev–Trinajstić information content (AvgIpc) is 2.34. The van der Waals surface area contributed by atoms with Gasteiger partial charge in [0.05, 0.1) is 17.0 Å². The maximum Gasteiger partial charge on any atom is 0.416 e. The SMILES string of the molecule is CC(CSc1ccc(C(F)(F)F)cc1C#N)C(=O)O. The lowest BCUT2D eigenvalue weighted by Crippen LogP contribution is -2.12. The van der Waals surface area contributed by atoms with Gasteiger partial charge in [-0.3, -0.25) is 4.79 Å². The third-order valence-corrected chi connectivity index (χ3v) is 3.67. The number of carboxylic acids is 1. The number of nitrogens with zero attached hydrogens (tertiary/aromatic N) is 1. The lowest BCUT2D eigenvalue weighted by Gasteiger charge is -2.10. The molecule has 0 fully saturated rings. The zero-order chi connectivity index (χ0) is 14.6. The van der Waals surface area contributed by atoms with Gasteiger partial charge < -0.3 is 5.11 Å². The third-order valence-electron chi connectivity index (χ3n) is 2.34. The van der Waals surface area contributed by atoms with Gasteiger partial charge in [0.2, 0.25) is 0 Å². The fourth-order valence-corrected chi connectivity index (χ4v) is 2.20. The molecule has 1 N–H and O–H groups in total.